The quantitative estimate of drug-likeness (QED) is 0.326. The summed E-state index contributed by atoms with van der Waals surface area (Å²) in [6, 6.07) is 3.58. The third-order valence-corrected chi connectivity index (χ3v) is 3.22. The summed E-state index contributed by atoms with van der Waals surface area (Å²) in [5.41, 5.74) is -0.235. The lowest BCUT2D eigenvalue weighted by molar-refractivity contribution is -0.384. The fourth-order valence-corrected chi connectivity index (χ4v) is 2.04. The molecule has 0 saturated carbocycles. The Labute approximate surface area is 135 Å². The Hall–Kier alpha value is -2.44. The van der Waals surface area contributed by atoms with Crippen LogP contribution in [0.4, 0.5) is 5.69 Å². The van der Waals surface area contributed by atoms with Gasteiger partial charge in [0.05, 0.1) is 17.1 Å². The molecule has 7 nitrogen and oxygen atoms in total. The van der Waals surface area contributed by atoms with Gasteiger partial charge in [-0.2, -0.15) is 0 Å². The van der Waals surface area contributed by atoms with Crippen LogP contribution >= 0.6 is 0 Å². The highest BCUT2D eigenvalue weighted by atomic mass is 16.6. The number of carbonyl (C=O) groups is 2. The van der Waals surface area contributed by atoms with Crippen molar-refractivity contribution in [3.63, 3.8) is 0 Å². The van der Waals surface area contributed by atoms with E-state index < -0.39 is 16.8 Å². The van der Waals surface area contributed by atoms with E-state index in [-0.39, 0.29) is 23.4 Å². The van der Waals surface area contributed by atoms with Crippen molar-refractivity contribution in [3.8, 4) is 0 Å². The minimum Gasteiger partial charge on any atom is -0.462 e. The Bertz CT molecular complexity index is 572. The van der Waals surface area contributed by atoms with Gasteiger partial charge in [-0.05, 0) is 19.4 Å². The molecule has 0 heterocycles. The molecule has 0 bridgehead atoms. The summed E-state index contributed by atoms with van der Waals surface area (Å²) >= 11 is 0. The molecule has 1 amide bonds. The zero-order valence-electron chi connectivity index (χ0n) is 13.5. The standard InChI is InChI=1S/C16H22N2O5/c1-3-5-6-7-8-17-15(19)12-9-13(16(20)23-4-2)11-14(10-12)18(21)22/h9-11H,3-8H2,1-2H3,(H,17,19). The van der Waals surface area contributed by atoms with Crippen molar-refractivity contribution in [1.29, 1.82) is 0 Å². The normalized spacial score (nSPS) is 10.2. The minimum atomic E-state index is -0.687. The number of unbranched alkanes of at least 4 members (excludes halogenated alkanes) is 3. The van der Waals surface area contributed by atoms with E-state index in [1.54, 1.807) is 6.92 Å². The first kappa shape index (κ1) is 18.6. The van der Waals surface area contributed by atoms with Gasteiger partial charge in [-0.1, -0.05) is 26.2 Å². The third kappa shape index (κ3) is 6.06. The lowest BCUT2D eigenvalue weighted by Gasteiger charge is -2.07. The predicted octanol–water partition coefficient (Wildman–Crippen LogP) is 3.08. The molecule has 126 valence electrons. The van der Waals surface area contributed by atoms with Gasteiger partial charge in [-0.25, -0.2) is 4.79 Å². The number of benzene rings is 1. The number of non-ortho nitro benzene ring substituents is 1. The number of rotatable bonds is 9. The predicted molar refractivity (Wildman–Crippen MR) is 85.5 cm³/mol. The van der Waals surface area contributed by atoms with Crippen LogP contribution in [0.5, 0.6) is 0 Å². The second-order valence-corrected chi connectivity index (χ2v) is 5.06. The number of carbonyl (C=O) groups excluding carboxylic acids is 2. The molecule has 0 saturated heterocycles. The second kappa shape index (κ2) is 9.55. The Balaban J connectivity index is 2.85. The SMILES string of the molecule is CCCCCCNC(=O)c1cc(C(=O)OCC)cc([N+](=O)[O-])c1. The van der Waals surface area contributed by atoms with Crippen molar-refractivity contribution < 1.29 is 19.2 Å². The molecule has 0 aromatic heterocycles. The highest BCUT2D eigenvalue weighted by Crippen LogP contribution is 2.18. The van der Waals surface area contributed by atoms with Crippen LogP contribution in [-0.4, -0.2) is 30.0 Å². The molecular weight excluding hydrogens is 300 g/mol. The van der Waals surface area contributed by atoms with Crippen molar-refractivity contribution in [3.05, 3.63) is 39.4 Å². The molecule has 0 fully saturated rings. The molecule has 1 aromatic rings. The second-order valence-electron chi connectivity index (χ2n) is 5.06. The summed E-state index contributed by atoms with van der Waals surface area (Å²) in [6.45, 7) is 4.38. The Morgan fingerprint density at radius 1 is 1.13 bits per heavy atom. The van der Waals surface area contributed by atoms with Gasteiger partial charge in [0.15, 0.2) is 0 Å². The Morgan fingerprint density at radius 2 is 1.83 bits per heavy atom. The minimum absolute atomic E-state index is 0.00261. The summed E-state index contributed by atoms with van der Waals surface area (Å²) in [4.78, 5) is 34.2. The fourth-order valence-electron chi connectivity index (χ4n) is 2.04. The third-order valence-electron chi connectivity index (χ3n) is 3.22. The van der Waals surface area contributed by atoms with Crippen molar-refractivity contribution in [2.24, 2.45) is 0 Å². The van der Waals surface area contributed by atoms with E-state index in [1.165, 1.54) is 6.07 Å². The van der Waals surface area contributed by atoms with E-state index in [0.717, 1.165) is 37.8 Å². The summed E-state index contributed by atoms with van der Waals surface area (Å²) in [5, 5.41) is 13.7. The van der Waals surface area contributed by atoms with Crippen LogP contribution in [-0.2, 0) is 4.74 Å². The Kier molecular flexibility index (Phi) is 7.73. The monoisotopic (exact) mass is 322 g/mol. The van der Waals surface area contributed by atoms with Gasteiger partial charge >= 0.3 is 5.97 Å². The van der Waals surface area contributed by atoms with Crippen molar-refractivity contribution in [2.45, 2.75) is 39.5 Å². The van der Waals surface area contributed by atoms with Crippen molar-refractivity contribution in [2.75, 3.05) is 13.2 Å². The maximum Gasteiger partial charge on any atom is 0.338 e. The van der Waals surface area contributed by atoms with Crippen LogP contribution in [0.25, 0.3) is 0 Å². The first-order chi connectivity index (χ1) is 11.0. The maximum atomic E-state index is 12.1. The van der Waals surface area contributed by atoms with E-state index in [1.807, 2.05) is 0 Å². The van der Waals surface area contributed by atoms with Crippen molar-refractivity contribution in [1.82, 2.24) is 5.32 Å². The number of hydrogen-bond donors (Lipinski definition) is 1. The molecule has 7 heteroatoms. The van der Waals surface area contributed by atoms with E-state index in [4.69, 9.17) is 4.74 Å². The van der Waals surface area contributed by atoms with Gasteiger partial charge in [0.25, 0.3) is 11.6 Å². The molecule has 1 aromatic carbocycles. The summed E-state index contributed by atoms with van der Waals surface area (Å²) in [6.07, 6.45) is 4.06. The van der Waals surface area contributed by atoms with Crippen LogP contribution < -0.4 is 5.32 Å². The molecule has 0 spiro atoms. The highest BCUT2D eigenvalue weighted by molar-refractivity contribution is 5.98. The van der Waals surface area contributed by atoms with E-state index in [0.29, 0.717) is 6.54 Å². The molecule has 0 radical (unpaired) electrons. The number of ether oxygens (including phenoxy) is 1. The molecule has 0 aliphatic heterocycles. The van der Waals surface area contributed by atoms with Gasteiger partial charge in [0.1, 0.15) is 0 Å². The zero-order chi connectivity index (χ0) is 17.2. The summed E-state index contributed by atoms with van der Waals surface area (Å²) < 4.78 is 4.83. The van der Waals surface area contributed by atoms with Gasteiger partial charge in [-0.3, -0.25) is 14.9 Å². The molecule has 1 rings (SSSR count). The molecule has 0 aliphatic rings. The van der Waals surface area contributed by atoms with Gasteiger partial charge in [0, 0.05) is 24.2 Å². The number of hydrogen-bond acceptors (Lipinski definition) is 5. The van der Waals surface area contributed by atoms with Crippen LogP contribution in [0.15, 0.2) is 18.2 Å². The van der Waals surface area contributed by atoms with Gasteiger partial charge in [-0.15, -0.1) is 0 Å². The van der Waals surface area contributed by atoms with E-state index in [2.05, 4.69) is 12.2 Å². The topological polar surface area (TPSA) is 98.5 Å². The fraction of sp³-hybridized carbons (Fsp3) is 0.500. The number of esters is 1. The summed E-state index contributed by atoms with van der Waals surface area (Å²) in [5.74, 6) is -1.12. The molecule has 0 atom stereocenters. The van der Waals surface area contributed by atoms with Gasteiger partial charge in [0.2, 0.25) is 0 Å². The Morgan fingerprint density at radius 3 is 2.43 bits per heavy atom. The average Bonchev–Trinajstić information content (AvgIpc) is 2.54. The number of nitro benzene ring substituents is 1. The van der Waals surface area contributed by atoms with Crippen molar-refractivity contribution >= 4 is 17.6 Å². The van der Waals surface area contributed by atoms with Gasteiger partial charge < -0.3 is 10.1 Å². The van der Waals surface area contributed by atoms with Crippen LogP contribution in [0.2, 0.25) is 0 Å². The lowest BCUT2D eigenvalue weighted by Crippen LogP contribution is -2.25. The smallest absolute Gasteiger partial charge is 0.338 e. The van der Waals surface area contributed by atoms with Crippen LogP contribution in [0, 0.1) is 10.1 Å². The molecular formula is C16H22N2O5. The average molecular weight is 322 g/mol. The number of nitrogens with one attached hydrogen (secondary N) is 1. The lowest BCUT2D eigenvalue weighted by atomic mass is 10.1. The van der Waals surface area contributed by atoms with E-state index in [9.17, 15) is 19.7 Å². The molecule has 23 heavy (non-hydrogen) atoms. The number of nitrogens with zero attached hydrogens (tertiary/aromatic N) is 1. The molecule has 0 unspecified atom stereocenters. The van der Waals surface area contributed by atoms with Crippen LogP contribution in [0.3, 0.4) is 0 Å². The first-order valence-electron chi connectivity index (χ1n) is 7.74. The molecule has 1 N–H and O–H groups in total. The zero-order valence-corrected chi connectivity index (χ0v) is 13.5. The number of nitro groups is 1. The van der Waals surface area contributed by atoms with E-state index >= 15 is 0 Å². The van der Waals surface area contributed by atoms with Crippen LogP contribution in [0.1, 0.15) is 60.2 Å². The molecule has 0 aliphatic carbocycles. The highest BCUT2D eigenvalue weighted by Gasteiger charge is 2.18. The number of amides is 1. The largest absolute Gasteiger partial charge is 0.462 e. The maximum absolute atomic E-state index is 12.1. The summed E-state index contributed by atoms with van der Waals surface area (Å²) in [7, 11) is 0. The first-order valence-corrected chi connectivity index (χ1v) is 7.74.